The molecule has 1 N–H and O–H groups in total. The standard InChI is InChI=1S/C44H41NS/c1-31-13-5-9-17-41(31)45-42-18-10-7-15-39(42)29-35-21-25-37(26-22-35)33(3)34(4)38-27-23-36(24-28-38)30-40-16-8-12-20-44(40)46-43-19-11-6-14-32(43)2/h5-9,11-17,19-28,45H,3-4,10,18,29-30H2,1-2H3. The van der Waals surface area contributed by atoms with Crippen LogP contribution in [0.2, 0.25) is 0 Å². The van der Waals surface area contributed by atoms with Gasteiger partial charge < -0.3 is 5.32 Å². The maximum absolute atomic E-state index is 4.43. The lowest BCUT2D eigenvalue weighted by molar-refractivity contribution is 0.925. The van der Waals surface area contributed by atoms with Crippen LogP contribution in [0.3, 0.4) is 0 Å². The van der Waals surface area contributed by atoms with Crippen molar-refractivity contribution in [2.24, 2.45) is 0 Å². The van der Waals surface area contributed by atoms with Crippen molar-refractivity contribution in [2.45, 2.75) is 49.3 Å². The number of nitrogens with one attached hydrogen (secondary N) is 1. The predicted octanol–water partition coefficient (Wildman–Crippen LogP) is 12.0. The van der Waals surface area contributed by atoms with E-state index in [4.69, 9.17) is 0 Å². The van der Waals surface area contributed by atoms with E-state index in [1.54, 1.807) is 0 Å². The molecule has 0 amide bonds. The van der Waals surface area contributed by atoms with E-state index in [-0.39, 0.29) is 0 Å². The summed E-state index contributed by atoms with van der Waals surface area (Å²) in [6.45, 7) is 13.2. The molecule has 6 rings (SSSR count). The number of para-hydroxylation sites is 1. The first-order chi connectivity index (χ1) is 22.4. The maximum Gasteiger partial charge on any atom is 0.0411 e. The average molecular weight is 616 g/mol. The molecule has 228 valence electrons. The highest BCUT2D eigenvalue weighted by molar-refractivity contribution is 7.99. The molecule has 1 aliphatic rings. The Balaban J connectivity index is 1.10. The first-order valence-electron chi connectivity index (χ1n) is 16.0. The lowest BCUT2D eigenvalue weighted by Gasteiger charge is -2.20. The Labute approximate surface area is 279 Å². The van der Waals surface area contributed by atoms with Crippen molar-refractivity contribution >= 4 is 28.6 Å². The van der Waals surface area contributed by atoms with Gasteiger partial charge in [-0.25, -0.2) is 0 Å². The minimum atomic E-state index is 0.887. The summed E-state index contributed by atoms with van der Waals surface area (Å²) in [5.41, 5.74) is 14.4. The molecule has 0 atom stereocenters. The second-order valence-electron chi connectivity index (χ2n) is 12.1. The van der Waals surface area contributed by atoms with Crippen LogP contribution in [0.5, 0.6) is 0 Å². The van der Waals surface area contributed by atoms with Crippen LogP contribution in [0.4, 0.5) is 5.69 Å². The third-order valence-electron chi connectivity index (χ3n) is 8.74. The zero-order chi connectivity index (χ0) is 31.9. The number of hydrogen-bond donors (Lipinski definition) is 1. The summed E-state index contributed by atoms with van der Waals surface area (Å²) in [5, 5.41) is 3.72. The highest BCUT2D eigenvalue weighted by Crippen LogP contribution is 2.34. The largest absolute Gasteiger partial charge is 0.358 e. The highest BCUT2D eigenvalue weighted by Gasteiger charge is 2.13. The van der Waals surface area contributed by atoms with Crippen molar-refractivity contribution in [3.8, 4) is 0 Å². The summed E-state index contributed by atoms with van der Waals surface area (Å²) in [7, 11) is 0. The fourth-order valence-electron chi connectivity index (χ4n) is 5.87. The molecular formula is C44H41NS. The summed E-state index contributed by atoms with van der Waals surface area (Å²) in [6.07, 6.45) is 8.45. The third kappa shape index (κ3) is 7.53. The van der Waals surface area contributed by atoms with Crippen molar-refractivity contribution in [3.05, 3.63) is 197 Å². The van der Waals surface area contributed by atoms with E-state index < -0.39 is 0 Å². The molecule has 5 aromatic rings. The monoisotopic (exact) mass is 615 g/mol. The van der Waals surface area contributed by atoms with Crippen LogP contribution in [0.15, 0.2) is 168 Å². The van der Waals surface area contributed by atoms with Gasteiger partial charge in [-0.15, -0.1) is 0 Å². The molecule has 0 saturated carbocycles. The molecule has 0 spiro atoms. The van der Waals surface area contributed by atoms with Crippen molar-refractivity contribution in [1.29, 1.82) is 0 Å². The minimum Gasteiger partial charge on any atom is -0.358 e. The van der Waals surface area contributed by atoms with E-state index in [0.29, 0.717) is 0 Å². The number of rotatable bonds is 11. The van der Waals surface area contributed by atoms with Crippen LogP contribution >= 0.6 is 11.8 Å². The van der Waals surface area contributed by atoms with Gasteiger partial charge in [-0.1, -0.05) is 140 Å². The van der Waals surface area contributed by atoms with Crippen LogP contribution in [-0.2, 0) is 12.8 Å². The van der Waals surface area contributed by atoms with Crippen LogP contribution in [0.25, 0.3) is 11.1 Å². The van der Waals surface area contributed by atoms with Gasteiger partial charge in [0.15, 0.2) is 0 Å². The first kappa shape index (κ1) is 31.2. The van der Waals surface area contributed by atoms with Crippen molar-refractivity contribution in [1.82, 2.24) is 0 Å². The summed E-state index contributed by atoms with van der Waals surface area (Å²) in [5.74, 6) is 0. The fourth-order valence-corrected chi connectivity index (χ4v) is 6.90. The van der Waals surface area contributed by atoms with Crippen molar-refractivity contribution in [2.75, 3.05) is 5.32 Å². The maximum atomic E-state index is 4.43. The van der Waals surface area contributed by atoms with Gasteiger partial charge in [0.1, 0.15) is 0 Å². The zero-order valence-corrected chi connectivity index (χ0v) is 27.7. The van der Waals surface area contributed by atoms with Gasteiger partial charge in [-0.2, -0.15) is 0 Å². The van der Waals surface area contributed by atoms with Gasteiger partial charge in [0.2, 0.25) is 0 Å². The molecule has 0 saturated heterocycles. The molecule has 46 heavy (non-hydrogen) atoms. The van der Waals surface area contributed by atoms with E-state index >= 15 is 0 Å². The van der Waals surface area contributed by atoms with Crippen molar-refractivity contribution < 1.29 is 0 Å². The molecular weight excluding hydrogens is 575 g/mol. The topological polar surface area (TPSA) is 12.0 Å². The van der Waals surface area contributed by atoms with Gasteiger partial charge in [0, 0.05) is 21.2 Å². The Bertz CT molecular complexity index is 1920. The number of hydrogen-bond acceptors (Lipinski definition) is 2. The van der Waals surface area contributed by atoms with Crippen LogP contribution in [0.1, 0.15) is 51.8 Å². The zero-order valence-electron chi connectivity index (χ0n) is 26.9. The van der Waals surface area contributed by atoms with Gasteiger partial charge >= 0.3 is 0 Å². The summed E-state index contributed by atoms with van der Waals surface area (Å²) in [6, 6.07) is 43.4. The molecule has 0 bridgehead atoms. The highest BCUT2D eigenvalue weighted by atomic mass is 32.2. The van der Waals surface area contributed by atoms with Crippen molar-refractivity contribution in [3.63, 3.8) is 0 Å². The number of allylic oxidation sites excluding steroid dienone is 6. The summed E-state index contributed by atoms with van der Waals surface area (Å²) >= 11 is 1.85. The predicted molar refractivity (Wildman–Crippen MR) is 199 cm³/mol. The molecule has 0 aliphatic heterocycles. The number of aryl methyl sites for hydroxylation is 2. The second-order valence-corrected chi connectivity index (χ2v) is 13.1. The lowest BCUT2D eigenvalue weighted by atomic mass is 9.92. The quantitative estimate of drug-likeness (QED) is 0.148. The molecule has 0 aromatic heterocycles. The van der Waals surface area contributed by atoms with Gasteiger partial charge in [-0.05, 0) is 113 Å². The van der Waals surface area contributed by atoms with E-state index in [2.05, 4.69) is 166 Å². The van der Waals surface area contributed by atoms with E-state index in [9.17, 15) is 0 Å². The Morgan fingerprint density at radius 2 is 1.20 bits per heavy atom. The Morgan fingerprint density at radius 1 is 0.630 bits per heavy atom. The lowest BCUT2D eigenvalue weighted by Crippen LogP contribution is -2.08. The molecule has 0 heterocycles. The second kappa shape index (κ2) is 14.5. The summed E-state index contributed by atoms with van der Waals surface area (Å²) < 4.78 is 0. The molecule has 1 nitrogen and oxygen atoms in total. The molecule has 2 heteroatoms. The third-order valence-corrected chi connectivity index (χ3v) is 10.0. The Hall–Kier alpha value is -4.79. The van der Waals surface area contributed by atoms with Crippen LogP contribution in [0, 0.1) is 13.8 Å². The molecule has 0 unspecified atom stereocenters. The van der Waals surface area contributed by atoms with E-state index in [0.717, 1.165) is 48.0 Å². The molecule has 0 radical (unpaired) electrons. The van der Waals surface area contributed by atoms with E-state index in [1.807, 2.05) is 11.8 Å². The van der Waals surface area contributed by atoms with Crippen LogP contribution in [-0.4, -0.2) is 0 Å². The molecule has 1 aliphatic carbocycles. The number of anilines is 1. The van der Waals surface area contributed by atoms with Gasteiger partial charge in [-0.3, -0.25) is 0 Å². The van der Waals surface area contributed by atoms with E-state index in [1.165, 1.54) is 54.6 Å². The first-order valence-corrected chi connectivity index (χ1v) is 16.9. The van der Waals surface area contributed by atoms with Gasteiger partial charge in [0.25, 0.3) is 0 Å². The minimum absolute atomic E-state index is 0.887. The number of benzene rings is 5. The fraction of sp³-hybridized carbons (Fsp3) is 0.136. The summed E-state index contributed by atoms with van der Waals surface area (Å²) in [4.78, 5) is 2.60. The average Bonchev–Trinajstić information content (AvgIpc) is 3.08. The van der Waals surface area contributed by atoms with Gasteiger partial charge in [0.05, 0.1) is 0 Å². The smallest absolute Gasteiger partial charge is 0.0411 e. The van der Waals surface area contributed by atoms with Crippen LogP contribution < -0.4 is 5.32 Å². The SMILES string of the molecule is C=C(C(=C)c1ccc(Cc2ccccc2Sc2ccccc2C)cc1)c1ccc(CC2=C(Nc3ccccc3C)CCC=C2)cc1. The Kier molecular flexibility index (Phi) is 9.86. The molecule has 0 fully saturated rings. The molecule has 5 aromatic carbocycles. The normalized spacial score (nSPS) is 12.7. The Morgan fingerprint density at radius 3 is 1.85 bits per heavy atom.